The van der Waals surface area contributed by atoms with Crippen LogP contribution in [-0.4, -0.2) is 43.6 Å². The lowest BCUT2D eigenvalue weighted by molar-refractivity contribution is -0.0507. The van der Waals surface area contributed by atoms with Gasteiger partial charge in [-0.1, -0.05) is 0 Å². The van der Waals surface area contributed by atoms with Crippen molar-refractivity contribution in [1.29, 1.82) is 0 Å². The third kappa shape index (κ3) is 4.42. The maximum atomic E-state index is 12.8. The van der Waals surface area contributed by atoms with Crippen molar-refractivity contribution in [2.75, 3.05) is 26.2 Å². The van der Waals surface area contributed by atoms with E-state index in [1.807, 2.05) is 4.90 Å². The third-order valence-electron chi connectivity index (χ3n) is 5.22. The van der Waals surface area contributed by atoms with Crippen LogP contribution in [0.5, 0.6) is 5.75 Å². The number of halogens is 3. The first kappa shape index (κ1) is 19.9. The minimum absolute atomic E-state index is 0. The quantitative estimate of drug-likeness (QED) is 0.881. The topological polar surface area (TPSA) is 41.6 Å². The van der Waals surface area contributed by atoms with Crippen LogP contribution in [0.2, 0.25) is 0 Å². The van der Waals surface area contributed by atoms with Crippen molar-refractivity contribution in [2.24, 2.45) is 11.8 Å². The van der Waals surface area contributed by atoms with Crippen LogP contribution < -0.4 is 10.1 Å². The summed E-state index contributed by atoms with van der Waals surface area (Å²) in [6, 6.07) is 3.31. The number of likely N-dealkylation sites (tertiary alicyclic amines) is 1. The number of amides is 1. The zero-order valence-corrected chi connectivity index (χ0v) is 15.4. The van der Waals surface area contributed by atoms with E-state index in [4.69, 9.17) is 0 Å². The van der Waals surface area contributed by atoms with Crippen LogP contribution in [0.1, 0.15) is 34.3 Å². The summed E-state index contributed by atoms with van der Waals surface area (Å²) in [4.78, 5) is 14.7. The Morgan fingerprint density at radius 2 is 1.68 bits per heavy atom. The van der Waals surface area contributed by atoms with E-state index in [9.17, 15) is 13.6 Å². The van der Waals surface area contributed by atoms with Crippen LogP contribution >= 0.6 is 12.4 Å². The van der Waals surface area contributed by atoms with E-state index >= 15 is 0 Å². The molecule has 3 rings (SSSR count). The molecule has 2 aliphatic heterocycles. The summed E-state index contributed by atoms with van der Waals surface area (Å²) < 4.78 is 29.5. The van der Waals surface area contributed by atoms with Gasteiger partial charge in [0.1, 0.15) is 5.75 Å². The number of carbonyl (C=O) groups excluding carboxylic acids is 1. The minimum atomic E-state index is -2.86. The highest BCUT2D eigenvalue weighted by molar-refractivity contribution is 5.95. The van der Waals surface area contributed by atoms with E-state index in [2.05, 4.69) is 10.1 Å². The molecule has 0 spiro atoms. The number of aryl methyl sites for hydroxylation is 2. The predicted octanol–water partition coefficient (Wildman–Crippen LogP) is 3.40. The van der Waals surface area contributed by atoms with Crippen molar-refractivity contribution in [3.05, 3.63) is 28.8 Å². The molecule has 0 radical (unpaired) electrons. The van der Waals surface area contributed by atoms with E-state index in [1.165, 1.54) is 0 Å². The molecule has 0 aliphatic carbocycles. The number of ether oxygens (including phenoxy) is 1. The number of fused-ring (bicyclic) bond motifs is 1. The number of alkyl halides is 2. The zero-order chi connectivity index (χ0) is 17.3. The molecule has 0 unspecified atom stereocenters. The average Bonchev–Trinajstić information content (AvgIpc) is 2.88. The van der Waals surface area contributed by atoms with Crippen molar-refractivity contribution >= 4 is 18.3 Å². The van der Waals surface area contributed by atoms with Gasteiger partial charge in [0.15, 0.2) is 0 Å². The van der Waals surface area contributed by atoms with E-state index in [-0.39, 0.29) is 24.1 Å². The fourth-order valence-electron chi connectivity index (χ4n) is 3.95. The van der Waals surface area contributed by atoms with Crippen LogP contribution in [0.4, 0.5) is 8.78 Å². The highest BCUT2D eigenvalue weighted by Crippen LogP contribution is 2.30. The zero-order valence-electron chi connectivity index (χ0n) is 14.6. The molecule has 2 heterocycles. The van der Waals surface area contributed by atoms with E-state index in [0.717, 1.165) is 39.0 Å². The summed E-state index contributed by atoms with van der Waals surface area (Å²) in [7, 11) is 0. The van der Waals surface area contributed by atoms with Crippen LogP contribution in [0.25, 0.3) is 0 Å². The normalized spacial score (nSPS) is 23.0. The van der Waals surface area contributed by atoms with Gasteiger partial charge in [-0.15, -0.1) is 12.4 Å². The molecule has 25 heavy (non-hydrogen) atoms. The minimum Gasteiger partial charge on any atom is -0.434 e. The van der Waals surface area contributed by atoms with Crippen LogP contribution in [0.15, 0.2) is 12.1 Å². The van der Waals surface area contributed by atoms with Gasteiger partial charge in [-0.2, -0.15) is 8.78 Å². The number of benzene rings is 1. The molecule has 1 amide bonds. The molecular formula is C18H25ClF2N2O2. The summed E-state index contributed by atoms with van der Waals surface area (Å²) in [6.45, 7) is 4.14. The fourth-order valence-corrected chi connectivity index (χ4v) is 3.95. The Balaban J connectivity index is 0.00000225. The molecule has 1 N–H and O–H groups in total. The summed E-state index contributed by atoms with van der Waals surface area (Å²) in [5.41, 5.74) is 1.68. The Morgan fingerprint density at radius 3 is 2.16 bits per heavy atom. The molecule has 2 aliphatic rings. The fraction of sp³-hybridized carbons (Fsp3) is 0.611. The lowest BCUT2D eigenvalue weighted by atomic mass is 9.92. The van der Waals surface area contributed by atoms with Gasteiger partial charge in [0.05, 0.1) is 0 Å². The molecule has 1 aromatic rings. The highest BCUT2D eigenvalue weighted by atomic mass is 35.5. The maximum absolute atomic E-state index is 12.8. The van der Waals surface area contributed by atoms with Gasteiger partial charge < -0.3 is 15.0 Å². The summed E-state index contributed by atoms with van der Waals surface area (Å²) >= 11 is 0. The number of nitrogens with one attached hydrogen (secondary N) is 1. The van der Waals surface area contributed by atoms with Crippen molar-refractivity contribution in [3.8, 4) is 5.75 Å². The lowest BCUT2D eigenvalue weighted by Gasteiger charge is -2.22. The van der Waals surface area contributed by atoms with Crippen LogP contribution in [0.3, 0.4) is 0 Å². The van der Waals surface area contributed by atoms with Gasteiger partial charge in [-0.05, 0) is 74.9 Å². The van der Waals surface area contributed by atoms with Gasteiger partial charge >= 0.3 is 6.61 Å². The first-order chi connectivity index (χ1) is 11.5. The van der Waals surface area contributed by atoms with E-state index in [1.54, 1.807) is 26.0 Å². The first-order valence-electron chi connectivity index (χ1n) is 8.51. The standard InChI is InChI=1S/C18H24F2N2O2.ClH/c1-11-7-15(8-12(2)16(11)24-18(19)20)17(23)22-5-3-13-9-21-10-14(13)4-6-22;/h7-8,13-14,18,21H,3-6,9-10H2,1-2H3;1H/t13-,14+;. The first-order valence-corrected chi connectivity index (χ1v) is 8.51. The second-order valence-electron chi connectivity index (χ2n) is 6.87. The molecule has 2 atom stereocenters. The lowest BCUT2D eigenvalue weighted by Crippen LogP contribution is -2.32. The van der Waals surface area contributed by atoms with Gasteiger partial charge in [0, 0.05) is 18.7 Å². The third-order valence-corrected chi connectivity index (χ3v) is 5.22. The summed E-state index contributed by atoms with van der Waals surface area (Å²) in [5, 5.41) is 3.43. The van der Waals surface area contributed by atoms with Crippen molar-refractivity contribution in [2.45, 2.75) is 33.3 Å². The Morgan fingerprint density at radius 1 is 1.16 bits per heavy atom. The van der Waals surface area contributed by atoms with Gasteiger partial charge in [0.25, 0.3) is 5.91 Å². The van der Waals surface area contributed by atoms with Gasteiger partial charge in [-0.25, -0.2) is 0 Å². The highest BCUT2D eigenvalue weighted by Gasteiger charge is 2.31. The number of nitrogens with zero attached hydrogens (tertiary/aromatic N) is 1. The number of carbonyl (C=O) groups is 1. The largest absolute Gasteiger partial charge is 0.434 e. The van der Waals surface area contributed by atoms with E-state index < -0.39 is 6.61 Å². The molecule has 0 aromatic heterocycles. The number of hydrogen-bond acceptors (Lipinski definition) is 3. The Kier molecular flexibility index (Phi) is 6.63. The smallest absolute Gasteiger partial charge is 0.387 e. The molecule has 2 fully saturated rings. The summed E-state index contributed by atoms with van der Waals surface area (Å²) in [5.74, 6) is 1.47. The molecule has 7 heteroatoms. The van der Waals surface area contributed by atoms with Gasteiger partial charge in [0.2, 0.25) is 0 Å². The van der Waals surface area contributed by atoms with Crippen molar-refractivity contribution in [1.82, 2.24) is 10.2 Å². The van der Waals surface area contributed by atoms with Crippen LogP contribution in [-0.2, 0) is 0 Å². The Hall–Kier alpha value is -1.40. The molecule has 4 nitrogen and oxygen atoms in total. The second kappa shape index (κ2) is 8.32. The molecule has 0 saturated carbocycles. The molecule has 0 bridgehead atoms. The molecule has 2 saturated heterocycles. The Bertz CT molecular complexity index is 590. The van der Waals surface area contributed by atoms with Gasteiger partial charge in [-0.3, -0.25) is 4.79 Å². The molecule has 140 valence electrons. The number of hydrogen-bond donors (Lipinski definition) is 1. The molecule has 1 aromatic carbocycles. The average molecular weight is 375 g/mol. The van der Waals surface area contributed by atoms with Crippen LogP contribution in [0, 0.1) is 25.7 Å². The van der Waals surface area contributed by atoms with E-state index in [0.29, 0.717) is 28.5 Å². The SMILES string of the molecule is Cc1cc(C(=O)N2CC[C@@H]3CNC[C@@H]3CC2)cc(C)c1OC(F)F.Cl. The predicted molar refractivity (Wildman–Crippen MR) is 94.8 cm³/mol. The Labute approximate surface area is 153 Å². The van der Waals surface area contributed by atoms with Crippen molar-refractivity contribution < 1.29 is 18.3 Å². The molecular weight excluding hydrogens is 350 g/mol. The number of rotatable bonds is 3. The maximum Gasteiger partial charge on any atom is 0.387 e. The van der Waals surface area contributed by atoms with Crippen molar-refractivity contribution in [3.63, 3.8) is 0 Å². The summed E-state index contributed by atoms with van der Waals surface area (Å²) in [6.07, 6.45) is 2.04. The monoisotopic (exact) mass is 374 g/mol. The second-order valence-corrected chi connectivity index (χ2v) is 6.87.